The molecule has 4 nitrogen and oxygen atoms in total. The monoisotopic (exact) mass is 213 g/mol. The Kier molecular flexibility index (Phi) is 4.12. The Morgan fingerprint density at radius 1 is 1.47 bits per heavy atom. The van der Waals surface area contributed by atoms with E-state index >= 15 is 0 Å². The lowest BCUT2D eigenvalue weighted by atomic mass is 10.3. The third-order valence-electron chi connectivity index (χ3n) is 2.76. The minimum atomic E-state index is -0.235. The van der Waals surface area contributed by atoms with Crippen LogP contribution in [0.2, 0.25) is 0 Å². The summed E-state index contributed by atoms with van der Waals surface area (Å²) in [5, 5.41) is 0. The molecule has 0 radical (unpaired) electrons. The molecule has 0 aromatic carbocycles. The maximum atomic E-state index is 11.7. The predicted octanol–water partition coefficient (Wildman–Crippen LogP) is 1.05. The minimum absolute atomic E-state index is 0.159. The van der Waals surface area contributed by atoms with Crippen molar-refractivity contribution in [2.24, 2.45) is 11.8 Å². The molecule has 0 aliphatic heterocycles. The van der Waals surface area contributed by atoms with Crippen LogP contribution in [0.5, 0.6) is 0 Å². The molecule has 2 unspecified atom stereocenters. The first-order valence-electron chi connectivity index (χ1n) is 5.46. The van der Waals surface area contributed by atoms with Crippen molar-refractivity contribution in [3.63, 3.8) is 0 Å². The van der Waals surface area contributed by atoms with E-state index in [4.69, 9.17) is 4.74 Å². The van der Waals surface area contributed by atoms with E-state index in [1.807, 2.05) is 0 Å². The average Bonchev–Trinajstić information content (AvgIpc) is 2.91. The zero-order valence-corrected chi connectivity index (χ0v) is 9.66. The summed E-state index contributed by atoms with van der Waals surface area (Å²) in [6.07, 6.45) is 1.28. The number of nitrogens with zero attached hydrogens (tertiary/aromatic N) is 1. The molecule has 1 amide bonds. The van der Waals surface area contributed by atoms with Gasteiger partial charge in [-0.15, -0.1) is 0 Å². The van der Waals surface area contributed by atoms with Crippen LogP contribution < -0.4 is 0 Å². The van der Waals surface area contributed by atoms with Crippen molar-refractivity contribution in [1.29, 1.82) is 0 Å². The Hall–Kier alpha value is -1.06. The zero-order valence-electron chi connectivity index (χ0n) is 9.66. The molecule has 1 saturated carbocycles. The van der Waals surface area contributed by atoms with Gasteiger partial charge in [0.1, 0.15) is 0 Å². The van der Waals surface area contributed by atoms with Crippen LogP contribution in [0, 0.1) is 11.8 Å². The van der Waals surface area contributed by atoms with E-state index in [-0.39, 0.29) is 24.2 Å². The molecule has 1 rings (SSSR count). The lowest BCUT2D eigenvalue weighted by Crippen LogP contribution is -2.31. The van der Waals surface area contributed by atoms with Gasteiger partial charge in [0.15, 0.2) is 0 Å². The molecule has 1 aliphatic rings. The van der Waals surface area contributed by atoms with E-state index in [0.717, 1.165) is 6.42 Å². The molecular formula is C11H19NO3. The Morgan fingerprint density at radius 2 is 2.07 bits per heavy atom. The highest BCUT2D eigenvalue weighted by Crippen LogP contribution is 2.38. The molecule has 0 aromatic rings. The molecule has 0 bridgehead atoms. The highest BCUT2D eigenvalue weighted by molar-refractivity contribution is 5.81. The molecule has 15 heavy (non-hydrogen) atoms. The third-order valence-corrected chi connectivity index (χ3v) is 2.76. The fourth-order valence-electron chi connectivity index (χ4n) is 1.55. The third kappa shape index (κ3) is 3.53. The second-order valence-electron chi connectivity index (χ2n) is 4.13. The van der Waals surface area contributed by atoms with Gasteiger partial charge in [-0.1, -0.05) is 6.92 Å². The van der Waals surface area contributed by atoms with E-state index in [2.05, 4.69) is 6.92 Å². The molecule has 0 aromatic heterocycles. The Bertz CT molecular complexity index is 252. The summed E-state index contributed by atoms with van der Waals surface area (Å²) in [5.41, 5.74) is 0. The van der Waals surface area contributed by atoms with Gasteiger partial charge in [0, 0.05) is 19.5 Å². The van der Waals surface area contributed by atoms with Crippen molar-refractivity contribution < 1.29 is 14.3 Å². The number of esters is 1. The van der Waals surface area contributed by atoms with Crippen molar-refractivity contribution in [2.75, 3.05) is 20.2 Å². The Morgan fingerprint density at radius 3 is 2.53 bits per heavy atom. The molecule has 0 heterocycles. The van der Waals surface area contributed by atoms with Gasteiger partial charge in [-0.05, 0) is 19.3 Å². The fraction of sp³-hybridized carbons (Fsp3) is 0.818. The second kappa shape index (κ2) is 5.14. The molecule has 1 aliphatic carbocycles. The van der Waals surface area contributed by atoms with Crippen LogP contribution in [0.3, 0.4) is 0 Å². The molecule has 4 heteroatoms. The summed E-state index contributed by atoms with van der Waals surface area (Å²) >= 11 is 0. The summed E-state index contributed by atoms with van der Waals surface area (Å²) in [4.78, 5) is 24.3. The van der Waals surface area contributed by atoms with Crippen molar-refractivity contribution in [3.8, 4) is 0 Å². The van der Waals surface area contributed by atoms with Crippen LogP contribution in [0.4, 0.5) is 0 Å². The van der Waals surface area contributed by atoms with Crippen LogP contribution in [0.25, 0.3) is 0 Å². The molecule has 0 N–H and O–H groups in total. The first-order chi connectivity index (χ1) is 7.06. The van der Waals surface area contributed by atoms with Crippen LogP contribution in [0.15, 0.2) is 0 Å². The number of ether oxygens (including phenoxy) is 1. The summed E-state index contributed by atoms with van der Waals surface area (Å²) < 4.78 is 4.79. The van der Waals surface area contributed by atoms with Gasteiger partial charge < -0.3 is 9.64 Å². The van der Waals surface area contributed by atoms with E-state index in [1.54, 1.807) is 18.9 Å². The summed E-state index contributed by atoms with van der Waals surface area (Å²) in [7, 11) is 1.74. The number of hydrogen-bond acceptors (Lipinski definition) is 3. The Labute approximate surface area is 90.6 Å². The lowest BCUT2D eigenvalue weighted by Gasteiger charge is -2.16. The van der Waals surface area contributed by atoms with Gasteiger partial charge >= 0.3 is 5.97 Å². The average molecular weight is 213 g/mol. The summed E-state index contributed by atoms with van der Waals surface area (Å²) in [6.45, 7) is 4.71. The van der Waals surface area contributed by atoms with Crippen LogP contribution in [0.1, 0.15) is 26.7 Å². The highest BCUT2D eigenvalue weighted by atomic mass is 16.5. The van der Waals surface area contributed by atoms with Crippen molar-refractivity contribution >= 4 is 11.9 Å². The largest absolute Gasteiger partial charge is 0.466 e. The van der Waals surface area contributed by atoms with E-state index in [1.165, 1.54) is 0 Å². The number of amides is 1. The number of carbonyl (C=O) groups excluding carboxylic acids is 2. The fourth-order valence-corrected chi connectivity index (χ4v) is 1.55. The lowest BCUT2D eigenvalue weighted by molar-refractivity contribution is -0.144. The minimum Gasteiger partial charge on any atom is -0.466 e. The highest BCUT2D eigenvalue weighted by Gasteiger charge is 2.40. The van der Waals surface area contributed by atoms with Crippen LogP contribution in [-0.2, 0) is 14.3 Å². The van der Waals surface area contributed by atoms with Crippen LogP contribution >= 0.6 is 0 Å². The Balaban J connectivity index is 2.20. The first-order valence-corrected chi connectivity index (χ1v) is 5.46. The van der Waals surface area contributed by atoms with Gasteiger partial charge in [-0.3, -0.25) is 9.59 Å². The van der Waals surface area contributed by atoms with Crippen molar-refractivity contribution in [1.82, 2.24) is 4.90 Å². The smallest absolute Gasteiger partial charge is 0.307 e. The maximum absolute atomic E-state index is 11.7. The van der Waals surface area contributed by atoms with Gasteiger partial charge in [-0.2, -0.15) is 0 Å². The zero-order chi connectivity index (χ0) is 11.4. The molecule has 0 spiro atoms. The molecule has 1 fully saturated rings. The summed E-state index contributed by atoms with van der Waals surface area (Å²) in [6, 6.07) is 0. The van der Waals surface area contributed by atoms with Gasteiger partial charge in [-0.25, -0.2) is 0 Å². The SMILES string of the molecule is CCOC(=O)CCN(C)C(=O)C1CC1C. The summed E-state index contributed by atoms with van der Waals surface area (Å²) in [5.74, 6) is 0.632. The maximum Gasteiger partial charge on any atom is 0.307 e. The first kappa shape index (κ1) is 12.0. The van der Waals surface area contributed by atoms with Gasteiger partial charge in [0.05, 0.1) is 13.0 Å². The van der Waals surface area contributed by atoms with Gasteiger partial charge in [0.2, 0.25) is 5.91 Å². The van der Waals surface area contributed by atoms with E-state index < -0.39 is 0 Å². The van der Waals surface area contributed by atoms with Crippen molar-refractivity contribution in [2.45, 2.75) is 26.7 Å². The molecular weight excluding hydrogens is 194 g/mol. The van der Waals surface area contributed by atoms with Gasteiger partial charge in [0.25, 0.3) is 0 Å². The molecule has 86 valence electrons. The van der Waals surface area contributed by atoms with E-state index in [0.29, 0.717) is 19.1 Å². The molecule has 2 atom stereocenters. The topological polar surface area (TPSA) is 46.6 Å². The van der Waals surface area contributed by atoms with Crippen molar-refractivity contribution in [3.05, 3.63) is 0 Å². The number of rotatable bonds is 5. The normalized spacial score (nSPS) is 23.4. The molecule has 0 saturated heterocycles. The van der Waals surface area contributed by atoms with E-state index in [9.17, 15) is 9.59 Å². The second-order valence-corrected chi connectivity index (χ2v) is 4.13. The quantitative estimate of drug-likeness (QED) is 0.641. The predicted molar refractivity (Wildman–Crippen MR) is 56.2 cm³/mol. The number of carbonyl (C=O) groups is 2. The van der Waals surface area contributed by atoms with Crippen LogP contribution in [-0.4, -0.2) is 37.0 Å². The standard InChI is InChI=1S/C11H19NO3/c1-4-15-10(13)5-6-12(3)11(14)9-7-8(9)2/h8-9H,4-7H2,1-3H3. The number of hydrogen-bond donors (Lipinski definition) is 0.